The quantitative estimate of drug-likeness (QED) is 0.898. The number of hydrogen-bond donors (Lipinski definition) is 1. The number of nitrogens with two attached hydrogens (primary N) is 1. The summed E-state index contributed by atoms with van der Waals surface area (Å²) >= 11 is 0. The van der Waals surface area contributed by atoms with E-state index >= 15 is 0 Å². The van der Waals surface area contributed by atoms with Gasteiger partial charge < -0.3 is 5.73 Å². The second-order valence-electron chi connectivity index (χ2n) is 6.01. The zero-order valence-corrected chi connectivity index (χ0v) is 13.2. The summed E-state index contributed by atoms with van der Waals surface area (Å²) in [6.45, 7) is 0. The molecule has 1 fully saturated rings. The molecular formula is C16H23NO3S. The van der Waals surface area contributed by atoms with Crippen molar-refractivity contribution in [3.05, 3.63) is 35.9 Å². The maximum atomic E-state index is 12.5. The van der Waals surface area contributed by atoms with Crippen LogP contribution in [0.3, 0.4) is 0 Å². The molecule has 2 N–H and O–H groups in total. The average molecular weight is 309 g/mol. The molecule has 2 rings (SSSR count). The molecule has 5 heteroatoms. The first-order valence-corrected chi connectivity index (χ1v) is 9.35. The van der Waals surface area contributed by atoms with Gasteiger partial charge in [-0.15, -0.1) is 0 Å². The monoisotopic (exact) mass is 309 g/mol. The van der Waals surface area contributed by atoms with E-state index in [2.05, 4.69) is 0 Å². The molecule has 1 aliphatic rings. The van der Waals surface area contributed by atoms with Gasteiger partial charge in [-0.2, -0.15) is 0 Å². The third-order valence-electron chi connectivity index (χ3n) is 4.30. The van der Waals surface area contributed by atoms with Crippen molar-refractivity contribution in [2.45, 2.75) is 43.4 Å². The lowest BCUT2D eigenvalue weighted by Gasteiger charge is -2.28. The van der Waals surface area contributed by atoms with E-state index in [1.165, 1.54) is 6.26 Å². The molecule has 0 amide bonds. The Labute approximate surface area is 126 Å². The van der Waals surface area contributed by atoms with Gasteiger partial charge in [0.15, 0.2) is 5.78 Å². The van der Waals surface area contributed by atoms with Crippen LogP contribution in [0.5, 0.6) is 0 Å². The van der Waals surface area contributed by atoms with Gasteiger partial charge in [-0.3, -0.25) is 4.79 Å². The number of benzene rings is 1. The zero-order chi connectivity index (χ0) is 15.5. The van der Waals surface area contributed by atoms with E-state index < -0.39 is 15.9 Å². The highest BCUT2D eigenvalue weighted by molar-refractivity contribution is 7.91. The standard InChI is InChI=1S/C16H23NO3S/c1-21(19,20)14-9-5-8-13(11-14)16(18)15(17)10-12-6-3-2-4-7-12/h2-4,6-7,13-15H,5,8-11,17H2,1H3. The number of sulfone groups is 1. The van der Waals surface area contributed by atoms with Crippen LogP contribution < -0.4 is 5.73 Å². The highest BCUT2D eigenvalue weighted by Crippen LogP contribution is 2.29. The average Bonchev–Trinajstić information content (AvgIpc) is 2.46. The largest absolute Gasteiger partial charge is 0.321 e. The fraction of sp³-hybridized carbons (Fsp3) is 0.562. The molecule has 0 saturated heterocycles. The summed E-state index contributed by atoms with van der Waals surface area (Å²) in [5.74, 6) is -0.204. The minimum absolute atomic E-state index is 0.00667. The molecule has 4 nitrogen and oxygen atoms in total. The van der Waals surface area contributed by atoms with Crippen LogP contribution in [0.1, 0.15) is 31.2 Å². The second-order valence-corrected chi connectivity index (χ2v) is 8.34. The molecule has 0 aromatic heterocycles. The van der Waals surface area contributed by atoms with E-state index in [4.69, 9.17) is 5.73 Å². The first-order chi connectivity index (χ1) is 9.88. The minimum Gasteiger partial charge on any atom is -0.321 e. The number of hydrogen-bond acceptors (Lipinski definition) is 4. The Bertz CT molecular complexity index is 583. The third-order valence-corrected chi connectivity index (χ3v) is 5.94. The molecular weight excluding hydrogens is 286 g/mol. The predicted molar refractivity (Wildman–Crippen MR) is 83.7 cm³/mol. The van der Waals surface area contributed by atoms with Crippen molar-refractivity contribution in [2.24, 2.45) is 11.7 Å². The van der Waals surface area contributed by atoms with Crippen molar-refractivity contribution in [3.63, 3.8) is 0 Å². The SMILES string of the molecule is CS(=O)(=O)C1CCCC(C(=O)C(N)Cc2ccccc2)C1. The van der Waals surface area contributed by atoms with Crippen LogP contribution in [-0.4, -0.2) is 31.7 Å². The summed E-state index contributed by atoms with van der Waals surface area (Å²) in [5, 5.41) is -0.385. The summed E-state index contributed by atoms with van der Waals surface area (Å²) in [7, 11) is -3.07. The van der Waals surface area contributed by atoms with Gasteiger partial charge in [0, 0.05) is 12.2 Å². The molecule has 3 unspecified atom stereocenters. The second kappa shape index (κ2) is 6.71. The lowest BCUT2D eigenvalue weighted by Crippen LogP contribution is -2.41. The number of rotatable bonds is 5. The van der Waals surface area contributed by atoms with Gasteiger partial charge in [0.25, 0.3) is 0 Å². The van der Waals surface area contributed by atoms with Gasteiger partial charge in [0.2, 0.25) is 0 Å². The van der Waals surface area contributed by atoms with Crippen molar-refractivity contribution >= 4 is 15.6 Å². The van der Waals surface area contributed by atoms with Crippen molar-refractivity contribution in [2.75, 3.05) is 6.26 Å². The predicted octanol–water partition coefficient (Wildman–Crippen LogP) is 1.73. The van der Waals surface area contributed by atoms with Crippen LogP contribution in [0.25, 0.3) is 0 Å². The first kappa shape index (κ1) is 16.2. The van der Waals surface area contributed by atoms with Crippen molar-refractivity contribution < 1.29 is 13.2 Å². The number of carbonyl (C=O) groups excluding carboxylic acids is 1. The molecule has 0 bridgehead atoms. The molecule has 1 aliphatic carbocycles. The Hall–Kier alpha value is -1.20. The van der Waals surface area contributed by atoms with E-state index in [0.717, 1.165) is 18.4 Å². The van der Waals surface area contributed by atoms with Gasteiger partial charge in [-0.1, -0.05) is 36.8 Å². The van der Waals surface area contributed by atoms with Crippen molar-refractivity contribution in [1.29, 1.82) is 0 Å². The minimum atomic E-state index is -3.07. The molecule has 0 radical (unpaired) electrons. The summed E-state index contributed by atoms with van der Waals surface area (Å²) in [4.78, 5) is 12.5. The molecule has 0 aliphatic heterocycles. The highest BCUT2D eigenvalue weighted by Gasteiger charge is 2.34. The summed E-state index contributed by atoms with van der Waals surface area (Å²) in [6.07, 6.45) is 4.41. The number of carbonyl (C=O) groups is 1. The maximum absolute atomic E-state index is 12.5. The van der Waals surface area contributed by atoms with Crippen LogP contribution >= 0.6 is 0 Å². The van der Waals surface area contributed by atoms with E-state index in [9.17, 15) is 13.2 Å². The maximum Gasteiger partial charge on any atom is 0.152 e. The Balaban J connectivity index is 1.99. The molecule has 3 atom stereocenters. The summed E-state index contributed by atoms with van der Waals surface area (Å²) in [5.41, 5.74) is 7.07. The summed E-state index contributed by atoms with van der Waals surface area (Å²) in [6, 6.07) is 9.13. The van der Waals surface area contributed by atoms with E-state index in [-0.39, 0.29) is 17.0 Å². The van der Waals surface area contributed by atoms with Crippen molar-refractivity contribution in [1.82, 2.24) is 0 Å². The molecule has 21 heavy (non-hydrogen) atoms. The number of Topliss-reactive ketones (excluding diaryl/α,β-unsaturated/α-hetero) is 1. The van der Waals surface area contributed by atoms with Crippen molar-refractivity contribution in [3.8, 4) is 0 Å². The smallest absolute Gasteiger partial charge is 0.152 e. The normalized spacial score (nSPS) is 24.5. The zero-order valence-electron chi connectivity index (χ0n) is 12.4. The van der Waals surface area contributed by atoms with Crippen LogP contribution in [0.15, 0.2) is 30.3 Å². The molecule has 1 aromatic rings. The Kier molecular flexibility index (Phi) is 5.17. The fourth-order valence-electron chi connectivity index (χ4n) is 3.06. The Morgan fingerprint density at radius 1 is 1.29 bits per heavy atom. The lowest BCUT2D eigenvalue weighted by atomic mass is 9.82. The molecule has 0 spiro atoms. The first-order valence-electron chi connectivity index (χ1n) is 7.40. The summed E-state index contributed by atoms with van der Waals surface area (Å²) < 4.78 is 23.3. The molecule has 0 heterocycles. The fourth-order valence-corrected chi connectivity index (χ4v) is 4.24. The van der Waals surface area contributed by atoms with Crippen LogP contribution in [0, 0.1) is 5.92 Å². The van der Waals surface area contributed by atoms with Gasteiger partial charge in [-0.25, -0.2) is 8.42 Å². The molecule has 116 valence electrons. The van der Waals surface area contributed by atoms with E-state index in [1.807, 2.05) is 30.3 Å². The van der Waals surface area contributed by atoms with E-state index in [0.29, 0.717) is 19.3 Å². The van der Waals surface area contributed by atoms with Gasteiger partial charge in [0.05, 0.1) is 11.3 Å². The topological polar surface area (TPSA) is 77.2 Å². The van der Waals surface area contributed by atoms with E-state index in [1.54, 1.807) is 0 Å². The Morgan fingerprint density at radius 3 is 2.57 bits per heavy atom. The van der Waals surface area contributed by atoms with Crippen LogP contribution in [-0.2, 0) is 21.1 Å². The van der Waals surface area contributed by atoms with Crippen LogP contribution in [0.2, 0.25) is 0 Å². The molecule has 1 aromatic carbocycles. The Morgan fingerprint density at radius 2 is 1.95 bits per heavy atom. The number of ketones is 1. The van der Waals surface area contributed by atoms with Gasteiger partial charge in [0.1, 0.15) is 9.84 Å². The third kappa shape index (κ3) is 4.38. The van der Waals surface area contributed by atoms with Gasteiger partial charge in [-0.05, 0) is 31.2 Å². The molecule has 1 saturated carbocycles. The lowest BCUT2D eigenvalue weighted by molar-refractivity contribution is -0.125. The van der Waals surface area contributed by atoms with Crippen LogP contribution in [0.4, 0.5) is 0 Å². The van der Waals surface area contributed by atoms with Gasteiger partial charge >= 0.3 is 0 Å². The highest BCUT2D eigenvalue weighted by atomic mass is 32.2.